The highest BCUT2D eigenvalue weighted by Gasteiger charge is 2.14. The molecule has 0 aliphatic heterocycles. The number of ether oxygens (including phenoxy) is 1. The van der Waals surface area contributed by atoms with Gasteiger partial charge in [-0.25, -0.2) is 14.2 Å². The molecule has 188 valence electrons. The van der Waals surface area contributed by atoms with Crippen LogP contribution in [0.15, 0.2) is 60.1 Å². The van der Waals surface area contributed by atoms with Crippen LogP contribution < -0.4 is 16.4 Å². The summed E-state index contributed by atoms with van der Waals surface area (Å²) in [5.74, 6) is -0.0910. The molecule has 0 radical (unpaired) electrons. The molecule has 0 fully saturated rings. The summed E-state index contributed by atoms with van der Waals surface area (Å²) in [6.07, 6.45) is 8.42. The van der Waals surface area contributed by atoms with Gasteiger partial charge in [0.25, 0.3) is 0 Å². The summed E-state index contributed by atoms with van der Waals surface area (Å²) in [4.78, 5) is 37.7. The van der Waals surface area contributed by atoms with E-state index >= 15 is 0 Å². The molecule has 0 saturated heterocycles. The minimum absolute atomic E-state index is 0.0333. The van der Waals surface area contributed by atoms with Crippen LogP contribution in [-0.4, -0.2) is 46.7 Å². The Kier molecular flexibility index (Phi) is 10.9. The van der Waals surface area contributed by atoms with E-state index in [2.05, 4.69) is 30.6 Å². The molecule has 0 bridgehead atoms. The van der Waals surface area contributed by atoms with Gasteiger partial charge in [0.1, 0.15) is 23.8 Å². The second-order valence-corrected chi connectivity index (χ2v) is 7.16. The van der Waals surface area contributed by atoms with Gasteiger partial charge in [-0.2, -0.15) is 4.98 Å². The number of anilines is 3. The highest BCUT2D eigenvalue weighted by atomic mass is 35.5. The van der Waals surface area contributed by atoms with Crippen molar-refractivity contribution in [3.8, 4) is 11.1 Å². The number of aldehydes is 1. The lowest BCUT2D eigenvalue weighted by Gasteiger charge is -2.12. The number of esters is 1. The highest BCUT2D eigenvalue weighted by Crippen LogP contribution is 2.28. The van der Waals surface area contributed by atoms with Crippen LogP contribution >= 0.6 is 11.6 Å². The Bertz CT molecular complexity index is 1270. The molecule has 0 amide bonds. The van der Waals surface area contributed by atoms with Crippen LogP contribution in [0.3, 0.4) is 0 Å². The standard InChI is InChI=1S/C22H21ClFN7O2.C2H4O/c1-3-33-21(32)14-8-13(10-27-11-14)16-12-29-22(30-15-4-5-18(24)17(23)9-15)31-20(16)28-7-6-19(25)26-2;1-2-3/h4-12H,3H2,1-2H3,(H2,25,26)(H2,28,29,30,31);2H,1H3/b7-6-;. The molecule has 1 aromatic carbocycles. The first kappa shape index (κ1) is 27.9. The molecule has 0 spiro atoms. The topological polar surface area (TPSA) is 144 Å². The summed E-state index contributed by atoms with van der Waals surface area (Å²) < 4.78 is 18.5. The van der Waals surface area contributed by atoms with Gasteiger partial charge < -0.3 is 25.9 Å². The lowest BCUT2D eigenvalue weighted by atomic mass is 10.1. The molecule has 0 aliphatic carbocycles. The van der Waals surface area contributed by atoms with Gasteiger partial charge in [0, 0.05) is 48.7 Å². The third kappa shape index (κ3) is 8.13. The van der Waals surface area contributed by atoms with E-state index in [0.717, 1.165) is 6.29 Å². The summed E-state index contributed by atoms with van der Waals surface area (Å²) in [7, 11) is 1.57. The van der Waals surface area contributed by atoms with E-state index in [9.17, 15) is 9.18 Å². The zero-order valence-corrected chi connectivity index (χ0v) is 20.6. The van der Waals surface area contributed by atoms with Crippen molar-refractivity contribution in [3.05, 3.63) is 71.5 Å². The van der Waals surface area contributed by atoms with Gasteiger partial charge in [-0.1, -0.05) is 11.6 Å². The minimum atomic E-state index is -0.532. The Morgan fingerprint density at radius 1 is 1.28 bits per heavy atom. The fourth-order valence-corrected chi connectivity index (χ4v) is 2.84. The normalized spacial score (nSPS) is 10.9. The van der Waals surface area contributed by atoms with E-state index in [1.807, 2.05) is 0 Å². The maximum Gasteiger partial charge on any atom is 0.339 e. The van der Waals surface area contributed by atoms with Crippen LogP contribution in [0.5, 0.6) is 0 Å². The molecule has 0 saturated carbocycles. The molecule has 4 N–H and O–H groups in total. The number of carbonyl (C=O) groups is 2. The lowest BCUT2D eigenvalue weighted by Crippen LogP contribution is -2.08. The van der Waals surface area contributed by atoms with E-state index in [1.54, 1.807) is 44.7 Å². The number of amidine groups is 1. The number of nitrogens with two attached hydrogens (primary N) is 1. The molecule has 3 rings (SSSR count). The average molecular weight is 514 g/mol. The zero-order chi connectivity index (χ0) is 26.5. The van der Waals surface area contributed by atoms with Crippen LogP contribution in [-0.2, 0) is 9.53 Å². The SMILES string of the molecule is CC=O.CCOC(=O)c1cncc(-c2cnc(Nc3ccc(F)c(Cl)c3)nc2N/C=C\C(N)=NC)c1. The van der Waals surface area contributed by atoms with Crippen LogP contribution in [0, 0.1) is 5.82 Å². The Labute approximate surface area is 212 Å². The number of rotatable bonds is 8. The van der Waals surface area contributed by atoms with Gasteiger partial charge in [-0.3, -0.25) is 9.98 Å². The Balaban J connectivity index is 0.00000145. The number of nitrogens with zero attached hydrogens (tertiary/aromatic N) is 4. The van der Waals surface area contributed by atoms with Crippen LogP contribution in [0.4, 0.5) is 21.8 Å². The van der Waals surface area contributed by atoms with Gasteiger partial charge in [-0.15, -0.1) is 0 Å². The molecule has 36 heavy (non-hydrogen) atoms. The summed E-state index contributed by atoms with van der Waals surface area (Å²) in [5, 5.41) is 5.97. The number of aromatic nitrogens is 3. The van der Waals surface area contributed by atoms with Crippen LogP contribution in [0.2, 0.25) is 5.02 Å². The average Bonchev–Trinajstić information content (AvgIpc) is 2.87. The maximum atomic E-state index is 13.4. The minimum Gasteiger partial charge on any atom is -0.462 e. The number of pyridine rings is 1. The summed E-state index contributed by atoms with van der Waals surface area (Å²) in [6.45, 7) is 3.42. The number of carbonyl (C=O) groups excluding carboxylic acids is 2. The molecule has 0 atom stereocenters. The maximum absolute atomic E-state index is 13.4. The van der Waals surface area contributed by atoms with E-state index in [0.29, 0.717) is 34.0 Å². The molecule has 3 aromatic rings. The molecule has 0 unspecified atom stereocenters. The van der Waals surface area contributed by atoms with Gasteiger partial charge in [-0.05, 0) is 44.2 Å². The second-order valence-electron chi connectivity index (χ2n) is 6.75. The van der Waals surface area contributed by atoms with Crippen molar-refractivity contribution in [2.24, 2.45) is 10.7 Å². The van der Waals surface area contributed by atoms with Crippen molar-refractivity contribution in [1.29, 1.82) is 0 Å². The second kappa shape index (κ2) is 14.1. The zero-order valence-electron chi connectivity index (χ0n) is 19.8. The Morgan fingerprint density at radius 2 is 2.03 bits per heavy atom. The van der Waals surface area contributed by atoms with Gasteiger partial charge in [0.15, 0.2) is 0 Å². The van der Waals surface area contributed by atoms with Crippen molar-refractivity contribution in [3.63, 3.8) is 0 Å². The number of nitrogens with one attached hydrogen (secondary N) is 2. The van der Waals surface area contributed by atoms with Gasteiger partial charge in [0.05, 0.1) is 17.2 Å². The van der Waals surface area contributed by atoms with Crippen molar-refractivity contribution < 1.29 is 18.7 Å². The summed E-state index contributed by atoms with van der Waals surface area (Å²) >= 11 is 5.85. The molecule has 12 heteroatoms. The van der Waals surface area contributed by atoms with Crippen LogP contribution in [0.25, 0.3) is 11.1 Å². The smallest absolute Gasteiger partial charge is 0.339 e. The first-order valence-electron chi connectivity index (χ1n) is 10.6. The van der Waals surface area contributed by atoms with Crippen molar-refractivity contribution in [1.82, 2.24) is 15.0 Å². The first-order chi connectivity index (χ1) is 17.3. The van der Waals surface area contributed by atoms with Crippen LogP contribution in [0.1, 0.15) is 24.2 Å². The van der Waals surface area contributed by atoms with E-state index in [1.165, 1.54) is 31.3 Å². The Morgan fingerprint density at radius 3 is 2.69 bits per heavy atom. The van der Waals surface area contributed by atoms with Gasteiger partial charge in [0.2, 0.25) is 5.95 Å². The van der Waals surface area contributed by atoms with Crippen molar-refractivity contribution in [2.45, 2.75) is 13.8 Å². The van der Waals surface area contributed by atoms with Crippen molar-refractivity contribution in [2.75, 3.05) is 24.3 Å². The molecule has 2 heterocycles. The third-order valence-corrected chi connectivity index (χ3v) is 4.55. The summed E-state index contributed by atoms with van der Waals surface area (Å²) in [6, 6.07) is 5.80. The lowest BCUT2D eigenvalue weighted by molar-refractivity contribution is -0.106. The van der Waals surface area contributed by atoms with E-state index < -0.39 is 11.8 Å². The first-order valence-corrected chi connectivity index (χ1v) is 11.0. The Hall–Kier alpha value is -4.38. The largest absolute Gasteiger partial charge is 0.462 e. The number of benzene rings is 1. The number of aliphatic imine (C=N–C) groups is 1. The number of hydrogen-bond acceptors (Lipinski definition) is 9. The monoisotopic (exact) mass is 513 g/mol. The molecule has 2 aromatic heterocycles. The molecular weight excluding hydrogens is 489 g/mol. The summed E-state index contributed by atoms with van der Waals surface area (Å²) in [5.41, 5.74) is 7.65. The van der Waals surface area contributed by atoms with E-state index in [-0.39, 0.29) is 17.6 Å². The quantitative estimate of drug-likeness (QED) is 0.173. The number of halogens is 2. The van der Waals surface area contributed by atoms with E-state index in [4.69, 9.17) is 26.9 Å². The molecule has 0 aliphatic rings. The third-order valence-electron chi connectivity index (χ3n) is 4.26. The fourth-order valence-electron chi connectivity index (χ4n) is 2.66. The fraction of sp³-hybridized carbons (Fsp3) is 0.167. The number of hydrogen-bond donors (Lipinski definition) is 3. The van der Waals surface area contributed by atoms with Crippen molar-refractivity contribution >= 4 is 47.1 Å². The highest BCUT2D eigenvalue weighted by molar-refractivity contribution is 6.31. The predicted octanol–water partition coefficient (Wildman–Crippen LogP) is 4.37. The van der Waals surface area contributed by atoms with Gasteiger partial charge >= 0.3 is 5.97 Å². The molecule has 10 nitrogen and oxygen atoms in total. The predicted molar refractivity (Wildman–Crippen MR) is 138 cm³/mol. The molecular formula is C24H25ClFN7O3.